The van der Waals surface area contributed by atoms with Crippen LogP contribution >= 0.6 is 22.6 Å². The monoisotopic (exact) mass is 341 g/mol. The van der Waals surface area contributed by atoms with E-state index >= 15 is 0 Å². The predicted octanol–water partition coefficient (Wildman–Crippen LogP) is 2.76. The maximum absolute atomic E-state index is 8.95. The van der Waals surface area contributed by atoms with Gasteiger partial charge >= 0.3 is 0 Å². The van der Waals surface area contributed by atoms with Crippen LogP contribution < -0.4 is 4.74 Å². The average molecular weight is 341 g/mol. The number of halogens is 1. The van der Waals surface area contributed by atoms with Crippen LogP contribution in [0.2, 0.25) is 0 Å². The Morgan fingerprint density at radius 2 is 1.88 bits per heavy atom. The van der Waals surface area contributed by atoms with Gasteiger partial charge in [0.1, 0.15) is 10.3 Å². The van der Waals surface area contributed by atoms with Gasteiger partial charge in [0.05, 0.1) is 12.3 Å². The van der Waals surface area contributed by atoms with Gasteiger partial charge in [-0.3, -0.25) is 0 Å². The van der Waals surface area contributed by atoms with Crippen LogP contribution in [-0.4, -0.2) is 10.1 Å². The standard InChI is InChI=1S/C13H12INO2/c14-13-12(7-6-11(8-16)15-13)17-9-10-4-2-1-3-5-10/h1-7,16H,8-9H2. The Balaban J connectivity index is 2.04. The Morgan fingerprint density at radius 3 is 2.53 bits per heavy atom. The lowest BCUT2D eigenvalue weighted by atomic mass is 10.2. The lowest BCUT2D eigenvalue weighted by Crippen LogP contribution is -2.00. The molecule has 0 aliphatic heterocycles. The van der Waals surface area contributed by atoms with Gasteiger partial charge in [0.15, 0.2) is 5.75 Å². The number of aromatic nitrogens is 1. The molecule has 1 heterocycles. The first-order valence-corrected chi connectivity index (χ1v) is 6.30. The molecule has 0 unspecified atom stereocenters. The molecule has 0 spiro atoms. The summed E-state index contributed by atoms with van der Waals surface area (Å²) in [4.78, 5) is 4.22. The second-order valence-corrected chi connectivity index (χ2v) is 4.55. The highest BCUT2D eigenvalue weighted by atomic mass is 127. The van der Waals surface area contributed by atoms with Gasteiger partial charge in [-0.1, -0.05) is 30.3 Å². The minimum absolute atomic E-state index is 0.0467. The molecule has 17 heavy (non-hydrogen) atoms. The number of nitrogens with zero attached hydrogens (tertiary/aromatic N) is 1. The van der Waals surface area contributed by atoms with E-state index in [1.807, 2.05) is 36.4 Å². The van der Waals surface area contributed by atoms with Gasteiger partial charge in [0, 0.05) is 0 Å². The molecular formula is C13H12INO2. The maximum Gasteiger partial charge on any atom is 0.151 e. The second kappa shape index (κ2) is 5.97. The molecule has 0 fully saturated rings. The van der Waals surface area contributed by atoms with Crippen molar-refractivity contribution in [3.05, 3.63) is 57.4 Å². The zero-order valence-electron chi connectivity index (χ0n) is 9.14. The van der Waals surface area contributed by atoms with E-state index < -0.39 is 0 Å². The molecule has 0 aliphatic rings. The molecule has 1 aromatic carbocycles. The molecule has 0 aliphatic carbocycles. The highest BCUT2D eigenvalue weighted by Gasteiger charge is 2.04. The minimum atomic E-state index is -0.0467. The summed E-state index contributed by atoms with van der Waals surface area (Å²) in [6, 6.07) is 13.6. The number of pyridine rings is 1. The van der Waals surface area contributed by atoms with Gasteiger partial charge in [0.2, 0.25) is 0 Å². The van der Waals surface area contributed by atoms with Gasteiger partial charge in [0.25, 0.3) is 0 Å². The number of hydrogen-bond donors (Lipinski definition) is 1. The summed E-state index contributed by atoms with van der Waals surface area (Å²) < 4.78 is 6.44. The van der Waals surface area contributed by atoms with Crippen molar-refractivity contribution in [2.24, 2.45) is 0 Å². The van der Waals surface area contributed by atoms with Crippen molar-refractivity contribution in [1.29, 1.82) is 0 Å². The molecule has 4 heteroatoms. The van der Waals surface area contributed by atoms with E-state index in [0.717, 1.165) is 15.0 Å². The van der Waals surface area contributed by atoms with Gasteiger partial charge in [-0.15, -0.1) is 0 Å². The maximum atomic E-state index is 8.95. The van der Waals surface area contributed by atoms with Crippen molar-refractivity contribution >= 4 is 22.6 Å². The fraction of sp³-hybridized carbons (Fsp3) is 0.154. The van der Waals surface area contributed by atoms with Crippen LogP contribution in [0.3, 0.4) is 0 Å². The molecule has 0 saturated heterocycles. The lowest BCUT2D eigenvalue weighted by molar-refractivity contribution is 0.274. The van der Waals surface area contributed by atoms with Crippen LogP contribution in [0.5, 0.6) is 5.75 Å². The summed E-state index contributed by atoms with van der Waals surface area (Å²) in [6.45, 7) is 0.478. The topological polar surface area (TPSA) is 42.4 Å². The van der Waals surface area contributed by atoms with Crippen LogP contribution in [0.4, 0.5) is 0 Å². The summed E-state index contributed by atoms with van der Waals surface area (Å²) in [5.41, 5.74) is 1.77. The zero-order valence-corrected chi connectivity index (χ0v) is 11.3. The average Bonchev–Trinajstić information content (AvgIpc) is 2.38. The predicted molar refractivity (Wildman–Crippen MR) is 73.7 cm³/mol. The molecule has 88 valence electrons. The van der Waals surface area contributed by atoms with E-state index in [-0.39, 0.29) is 6.61 Å². The number of benzene rings is 1. The Kier molecular flexibility index (Phi) is 4.33. The van der Waals surface area contributed by atoms with Crippen LogP contribution in [0, 0.1) is 3.70 Å². The van der Waals surface area contributed by atoms with E-state index in [9.17, 15) is 0 Å². The molecule has 0 radical (unpaired) electrons. The molecule has 3 nitrogen and oxygen atoms in total. The van der Waals surface area contributed by atoms with Gasteiger partial charge < -0.3 is 9.84 Å². The lowest BCUT2D eigenvalue weighted by Gasteiger charge is -2.08. The normalized spacial score (nSPS) is 10.2. The van der Waals surface area contributed by atoms with E-state index in [0.29, 0.717) is 12.3 Å². The molecule has 0 saturated carbocycles. The van der Waals surface area contributed by atoms with Crippen molar-refractivity contribution < 1.29 is 9.84 Å². The Bertz CT molecular complexity index is 488. The van der Waals surface area contributed by atoms with Gasteiger partial charge in [-0.2, -0.15) is 0 Å². The number of rotatable bonds is 4. The second-order valence-electron chi connectivity index (χ2n) is 3.52. The van der Waals surface area contributed by atoms with Crippen molar-refractivity contribution in [1.82, 2.24) is 4.98 Å². The summed E-state index contributed by atoms with van der Waals surface area (Å²) >= 11 is 2.10. The molecular weight excluding hydrogens is 329 g/mol. The highest BCUT2D eigenvalue weighted by molar-refractivity contribution is 14.1. The van der Waals surface area contributed by atoms with Crippen molar-refractivity contribution in [3.63, 3.8) is 0 Å². The van der Waals surface area contributed by atoms with Gasteiger partial charge in [-0.05, 0) is 40.3 Å². The number of ether oxygens (including phenoxy) is 1. The van der Waals surface area contributed by atoms with E-state index in [4.69, 9.17) is 9.84 Å². The largest absolute Gasteiger partial charge is 0.486 e. The fourth-order valence-corrected chi connectivity index (χ4v) is 2.04. The van der Waals surface area contributed by atoms with E-state index in [2.05, 4.69) is 27.6 Å². The van der Waals surface area contributed by atoms with E-state index in [1.54, 1.807) is 6.07 Å². The summed E-state index contributed by atoms with van der Waals surface area (Å²) in [6.07, 6.45) is 0. The third-order valence-electron chi connectivity index (χ3n) is 2.27. The first-order chi connectivity index (χ1) is 8.29. The molecule has 1 aromatic heterocycles. The molecule has 0 amide bonds. The number of aliphatic hydroxyl groups is 1. The molecule has 0 bridgehead atoms. The van der Waals surface area contributed by atoms with Gasteiger partial charge in [-0.25, -0.2) is 4.98 Å². The zero-order chi connectivity index (χ0) is 12.1. The Morgan fingerprint density at radius 1 is 1.12 bits per heavy atom. The van der Waals surface area contributed by atoms with Crippen LogP contribution in [0.25, 0.3) is 0 Å². The third-order valence-corrected chi connectivity index (χ3v) is 3.04. The van der Waals surface area contributed by atoms with Crippen LogP contribution in [0.1, 0.15) is 11.3 Å². The number of hydrogen-bond acceptors (Lipinski definition) is 3. The summed E-state index contributed by atoms with van der Waals surface area (Å²) in [5, 5.41) is 8.95. The van der Waals surface area contributed by atoms with Crippen LogP contribution in [-0.2, 0) is 13.2 Å². The first kappa shape index (κ1) is 12.3. The Labute approximate surface area is 114 Å². The fourth-order valence-electron chi connectivity index (χ4n) is 1.39. The molecule has 2 rings (SSSR count). The minimum Gasteiger partial charge on any atom is -0.486 e. The number of aliphatic hydroxyl groups excluding tert-OH is 1. The first-order valence-electron chi connectivity index (χ1n) is 5.22. The smallest absolute Gasteiger partial charge is 0.151 e. The van der Waals surface area contributed by atoms with E-state index in [1.165, 1.54) is 0 Å². The van der Waals surface area contributed by atoms with Crippen molar-refractivity contribution in [2.75, 3.05) is 0 Å². The summed E-state index contributed by atoms with van der Waals surface area (Å²) in [7, 11) is 0. The Hall–Kier alpha value is -1.14. The quantitative estimate of drug-likeness (QED) is 0.687. The van der Waals surface area contributed by atoms with Crippen LogP contribution in [0.15, 0.2) is 42.5 Å². The molecule has 1 N–H and O–H groups in total. The third kappa shape index (κ3) is 3.41. The summed E-state index contributed by atoms with van der Waals surface area (Å²) in [5.74, 6) is 0.742. The molecule has 0 atom stereocenters. The molecule has 2 aromatic rings. The van der Waals surface area contributed by atoms with Crippen molar-refractivity contribution in [2.45, 2.75) is 13.2 Å². The highest BCUT2D eigenvalue weighted by Crippen LogP contribution is 2.20. The van der Waals surface area contributed by atoms with Crippen molar-refractivity contribution in [3.8, 4) is 5.75 Å². The SMILES string of the molecule is OCc1ccc(OCc2ccccc2)c(I)n1.